The van der Waals surface area contributed by atoms with Gasteiger partial charge in [-0.05, 0) is 49.6 Å². The van der Waals surface area contributed by atoms with Crippen LogP contribution in [0.5, 0.6) is 0 Å². The summed E-state index contributed by atoms with van der Waals surface area (Å²) in [4.78, 5) is 39.1. The van der Waals surface area contributed by atoms with Gasteiger partial charge in [0.2, 0.25) is 0 Å². The number of benzene rings is 1. The number of barbiturate groups is 1. The Morgan fingerprint density at radius 2 is 1.75 bits per heavy atom. The molecule has 1 N–H and O–H groups in total. The molecule has 0 unspecified atom stereocenters. The zero-order valence-electron chi connectivity index (χ0n) is 15.9. The zero-order chi connectivity index (χ0) is 19.7. The lowest BCUT2D eigenvalue weighted by Gasteiger charge is -2.35. The first-order chi connectivity index (χ1) is 13.6. The van der Waals surface area contributed by atoms with Crippen molar-refractivity contribution in [3.05, 3.63) is 59.4 Å². The van der Waals surface area contributed by atoms with Crippen molar-refractivity contribution in [1.82, 2.24) is 14.8 Å². The minimum Gasteiger partial charge on any atom is -0.317 e. The Morgan fingerprint density at radius 3 is 2.50 bits per heavy atom. The first-order valence-corrected chi connectivity index (χ1v) is 9.70. The maximum absolute atomic E-state index is 13.1. The molecule has 0 spiro atoms. The number of hydrogen-bond acceptors (Lipinski definition) is 3. The molecule has 2 aliphatic rings. The van der Waals surface area contributed by atoms with Crippen molar-refractivity contribution >= 4 is 23.9 Å². The van der Waals surface area contributed by atoms with E-state index in [1.165, 1.54) is 4.90 Å². The van der Waals surface area contributed by atoms with Crippen LogP contribution < -0.4 is 5.32 Å². The van der Waals surface area contributed by atoms with Crippen LogP contribution in [-0.4, -0.2) is 33.4 Å². The highest BCUT2D eigenvalue weighted by molar-refractivity contribution is 6.31. The summed E-state index contributed by atoms with van der Waals surface area (Å²) in [6, 6.07) is 10.9. The summed E-state index contributed by atoms with van der Waals surface area (Å²) < 4.78 is 1.93. The van der Waals surface area contributed by atoms with E-state index in [0.717, 1.165) is 43.4 Å². The van der Waals surface area contributed by atoms with Crippen LogP contribution in [0, 0.1) is 6.92 Å². The Labute approximate surface area is 163 Å². The number of aryl methyl sites for hydroxylation is 1. The molecule has 0 radical (unpaired) electrons. The fraction of sp³-hybridized carbons (Fsp3) is 0.318. The topological polar surface area (TPSA) is 71.4 Å². The average Bonchev–Trinajstić information content (AvgIpc) is 3.14. The summed E-state index contributed by atoms with van der Waals surface area (Å²) in [5.74, 6) is -1.14. The number of hydrogen-bond donors (Lipinski definition) is 1. The average molecular weight is 377 g/mol. The largest absolute Gasteiger partial charge is 0.331 e. The predicted molar refractivity (Wildman–Crippen MR) is 106 cm³/mol. The summed E-state index contributed by atoms with van der Waals surface area (Å²) >= 11 is 0. The van der Waals surface area contributed by atoms with Gasteiger partial charge in [-0.25, -0.2) is 4.79 Å². The van der Waals surface area contributed by atoms with Gasteiger partial charge in [0.05, 0.1) is 0 Å². The summed E-state index contributed by atoms with van der Waals surface area (Å²) in [7, 11) is 0. The number of carbonyl (C=O) groups excluding carboxylic acids is 3. The Kier molecular flexibility index (Phi) is 4.86. The molecule has 0 atom stereocenters. The summed E-state index contributed by atoms with van der Waals surface area (Å²) in [5, 5.41) is 2.34. The quantitative estimate of drug-likeness (QED) is 0.656. The fourth-order valence-electron chi connectivity index (χ4n) is 4.05. The number of para-hydroxylation sites is 1. The van der Waals surface area contributed by atoms with Gasteiger partial charge in [0.25, 0.3) is 11.8 Å². The van der Waals surface area contributed by atoms with Crippen molar-refractivity contribution in [3.63, 3.8) is 0 Å². The molecule has 2 aromatic rings. The molecule has 6 heteroatoms. The maximum Gasteiger partial charge on any atom is 0.331 e. The molecule has 1 saturated heterocycles. The van der Waals surface area contributed by atoms with E-state index in [1.807, 2.05) is 54.1 Å². The number of rotatable bonds is 3. The highest BCUT2D eigenvalue weighted by atomic mass is 16.2. The molecule has 4 amide bonds. The molecular weight excluding hydrogens is 354 g/mol. The second-order valence-corrected chi connectivity index (χ2v) is 7.37. The van der Waals surface area contributed by atoms with Crippen LogP contribution in [0.15, 0.2) is 48.2 Å². The smallest absolute Gasteiger partial charge is 0.317 e. The van der Waals surface area contributed by atoms with Crippen LogP contribution in [0.25, 0.3) is 11.8 Å². The van der Waals surface area contributed by atoms with Crippen molar-refractivity contribution in [2.24, 2.45) is 0 Å². The van der Waals surface area contributed by atoms with Crippen LogP contribution in [0.1, 0.15) is 43.4 Å². The molecule has 1 aliphatic carbocycles. The Hall–Kier alpha value is -3.15. The van der Waals surface area contributed by atoms with Crippen molar-refractivity contribution in [2.45, 2.75) is 45.1 Å². The van der Waals surface area contributed by atoms with Crippen LogP contribution in [0.4, 0.5) is 4.79 Å². The van der Waals surface area contributed by atoms with Crippen molar-refractivity contribution in [1.29, 1.82) is 0 Å². The molecule has 2 fully saturated rings. The van der Waals surface area contributed by atoms with Gasteiger partial charge in [0, 0.05) is 23.6 Å². The predicted octanol–water partition coefficient (Wildman–Crippen LogP) is 3.58. The van der Waals surface area contributed by atoms with Gasteiger partial charge < -0.3 is 4.57 Å². The normalized spacial score (nSPS) is 20.0. The number of nitrogens with one attached hydrogen (secondary N) is 1. The van der Waals surface area contributed by atoms with Gasteiger partial charge >= 0.3 is 6.03 Å². The molecular formula is C22H23N3O3. The SMILES string of the molecule is Cc1ccccc1-n1cccc1/C=C1/C(=O)NC(=O)N(C2CCCCC2)C1=O. The van der Waals surface area contributed by atoms with Crippen LogP contribution in [-0.2, 0) is 9.59 Å². The van der Waals surface area contributed by atoms with Crippen LogP contribution >= 0.6 is 0 Å². The van der Waals surface area contributed by atoms with E-state index in [1.54, 1.807) is 6.08 Å². The van der Waals surface area contributed by atoms with Gasteiger partial charge in [0.15, 0.2) is 0 Å². The van der Waals surface area contributed by atoms with E-state index in [-0.39, 0.29) is 11.6 Å². The fourth-order valence-corrected chi connectivity index (χ4v) is 4.05. The first-order valence-electron chi connectivity index (χ1n) is 9.70. The van der Waals surface area contributed by atoms with Gasteiger partial charge in [0.1, 0.15) is 5.57 Å². The number of urea groups is 1. The van der Waals surface area contributed by atoms with E-state index >= 15 is 0 Å². The highest BCUT2D eigenvalue weighted by Gasteiger charge is 2.40. The number of imide groups is 2. The molecule has 6 nitrogen and oxygen atoms in total. The van der Waals surface area contributed by atoms with Gasteiger partial charge in [-0.3, -0.25) is 19.8 Å². The Bertz CT molecular complexity index is 967. The van der Waals surface area contributed by atoms with E-state index in [0.29, 0.717) is 5.69 Å². The third-order valence-electron chi connectivity index (χ3n) is 5.52. The third-order valence-corrected chi connectivity index (χ3v) is 5.52. The molecule has 28 heavy (non-hydrogen) atoms. The summed E-state index contributed by atoms with van der Waals surface area (Å²) in [6.07, 6.45) is 8.15. The lowest BCUT2D eigenvalue weighted by Crippen LogP contribution is -2.58. The zero-order valence-corrected chi connectivity index (χ0v) is 15.9. The van der Waals surface area contributed by atoms with E-state index in [9.17, 15) is 14.4 Å². The van der Waals surface area contributed by atoms with Gasteiger partial charge in [-0.1, -0.05) is 37.5 Å². The van der Waals surface area contributed by atoms with Gasteiger partial charge in [-0.2, -0.15) is 0 Å². The molecule has 1 aliphatic heterocycles. The van der Waals surface area contributed by atoms with Gasteiger partial charge in [-0.15, -0.1) is 0 Å². The lowest BCUT2D eigenvalue weighted by molar-refractivity contribution is -0.132. The minimum absolute atomic E-state index is 0.00120. The Balaban J connectivity index is 1.70. The maximum atomic E-state index is 13.1. The van der Waals surface area contributed by atoms with Crippen molar-refractivity contribution in [3.8, 4) is 5.69 Å². The second kappa shape index (κ2) is 7.46. The molecule has 1 aromatic carbocycles. The number of aromatic nitrogens is 1. The summed E-state index contributed by atoms with van der Waals surface area (Å²) in [6.45, 7) is 2.01. The summed E-state index contributed by atoms with van der Waals surface area (Å²) in [5.41, 5.74) is 2.77. The molecule has 1 aromatic heterocycles. The molecule has 2 heterocycles. The van der Waals surface area contributed by atoms with Crippen molar-refractivity contribution < 1.29 is 14.4 Å². The first kappa shape index (κ1) is 18.2. The lowest BCUT2D eigenvalue weighted by atomic mass is 9.93. The van der Waals surface area contributed by atoms with E-state index in [4.69, 9.17) is 0 Å². The van der Waals surface area contributed by atoms with E-state index < -0.39 is 17.8 Å². The molecule has 144 valence electrons. The highest BCUT2D eigenvalue weighted by Crippen LogP contribution is 2.27. The van der Waals surface area contributed by atoms with Crippen LogP contribution in [0.2, 0.25) is 0 Å². The molecule has 1 saturated carbocycles. The standard InChI is InChI=1S/C22H23N3O3/c1-15-8-5-6-12-19(15)24-13-7-11-17(24)14-18-20(26)23-22(28)25(21(18)27)16-9-3-2-4-10-16/h5-8,11-14,16H,2-4,9-10H2,1H3,(H,23,26,28)/b18-14-. The van der Waals surface area contributed by atoms with Crippen molar-refractivity contribution in [2.75, 3.05) is 0 Å². The minimum atomic E-state index is -0.639. The number of amides is 4. The van der Waals surface area contributed by atoms with Crippen LogP contribution in [0.3, 0.4) is 0 Å². The third kappa shape index (κ3) is 3.26. The molecule has 0 bridgehead atoms. The van der Waals surface area contributed by atoms with E-state index in [2.05, 4.69) is 5.32 Å². The monoisotopic (exact) mass is 377 g/mol. The number of nitrogens with zero attached hydrogens (tertiary/aromatic N) is 2. The molecule has 4 rings (SSSR count). The number of carbonyl (C=O) groups is 3. The Morgan fingerprint density at radius 1 is 1.00 bits per heavy atom. The second-order valence-electron chi connectivity index (χ2n) is 7.37.